The Morgan fingerprint density at radius 2 is 1.92 bits per heavy atom. The van der Waals surface area contributed by atoms with E-state index in [0.717, 1.165) is 0 Å². The third kappa shape index (κ3) is 4.33. The lowest BCUT2D eigenvalue weighted by Gasteiger charge is -2.11. The molecule has 1 heterocycles. The molecule has 3 nitrogen and oxygen atoms in total. The van der Waals surface area contributed by atoms with Gasteiger partial charge in [0.25, 0.3) is 5.91 Å². The number of benzene rings is 2. The number of amides is 1. The van der Waals surface area contributed by atoms with E-state index in [9.17, 15) is 9.18 Å². The van der Waals surface area contributed by atoms with E-state index in [0.29, 0.717) is 20.4 Å². The minimum atomic E-state index is -0.365. The fourth-order valence-electron chi connectivity index (χ4n) is 2.14. The fraction of sp³-hybridized carbons (Fsp3) is 0.0588. The molecule has 0 aliphatic carbocycles. The van der Waals surface area contributed by atoms with Crippen LogP contribution >= 0.6 is 47.2 Å². The minimum absolute atomic E-state index is 0.000915. The van der Waals surface area contributed by atoms with Crippen molar-refractivity contribution in [1.82, 2.24) is 5.32 Å². The van der Waals surface area contributed by atoms with Gasteiger partial charge in [0.2, 0.25) is 0 Å². The second-order valence-corrected chi connectivity index (χ2v) is 7.58. The average Bonchev–Trinajstić information content (AvgIpc) is 2.85. The first kappa shape index (κ1) is 18.2. The van der Waals surface area contributed by atoms with Gasteiger partial charge in [0.1, 0.15) is 16.7 Å². The largest absolute Gasteiger partial charge is 0.486 e. The summed E-state index contributed by atoms with van der Waals surface area (Å²) >= 11 is 18.6. The molecular formula is C17H10Cl2FNO2S2. The first-order valence-corrected chi connectivity index (χ1v) is 9.02. The Bertz CT molecular complexity index is 879. The van der Waals surface area contributed by atoms with Crippen LogP contribution in [-0.2, 0) is 11.4 Å². The number of ether oxygens (including phenoxy) is 1. The zero-order chi connectivity index (χ0) is 18.0. The van der Waals surface area contributed by atoms with Gasteiger partial charge < -0.3 is 10.1 Å². The van der Waals surface area contributed by atoms with Gasteiger partial charge >= 0.3 is 0 Å². The van der Waals surface area contributed by atoms with Crippen molar-refractivity contribution in [2.45, 2.75) is 6.61 Å². The third-order valence-corrected chi connectivity index (χ3v) is 5.01. The lowest BCUT2D eigenvalue weighted by Crippen LogP contribution is -2.17. The molecule has 8 heteroatoms. The molecule has 128 valence electrons. The number of thioether (sulfide) groups is 1. The number of hydrogen-bond acceptors (Lipinski definition) is 4. The van der Waals surface area contributed by atoms with Crippen LogP contribution in [0, 0.1) is 5.82 Å². The number of thiocarbonyl (C=S) groups is 1. The highest BCUT2D eigenvalue weighted by atomic mass is 35.5. The predicted molar refractivity (Wildman–Crippen MR) is 104 cm³/mol. The number of carbonyl (C=O) groups excluding carboxylic acids is 1. The van der Waals surface area contributed by atoms with Crippen molar-refractivity contribution < 1.29 is 13.9 Å². The molecule has 2 aromatic carbocycles. The van der Waals surface area contributed by atoms with Crippen molar-refractivity contribution in [1.29, 1.82) is 0 Å². The van der Waals surface area contributed by atoms with Crippen molar-refractivity contribution in [2.24, 2.45) is 0 Å². The van der Waals surface area contributed by atoms with E-state index in [1.54, 1.807) is 36.4 Å². The maximum absolute atomic E-state index is 13.6. The molecule has 1 amide bonds. The molecule has 1 aliphatic heterocycles. The lowest BCUT2D eigenvalue weighted by atomic mass is 10.2. The van der Waals surface area contributed by atoms with E-state index in [1.165, 1.54) is 17.8 Å². The Morgan fingerprint density at radius 1 is 1.24 bits per heavy atom. The fourth-order valence-corrected chi connectivity index (χ4v) is 3.80. The average molecular weight is 414 g/mol. The van der Waals surface area contributed by atoms with E-state index in [-0.39, 0.29) is 34.1 Å². The molecule has 0 unspecified atom stereocenters. The van der Waals surface area contributed by atoms with Gasteiger partial charge in [-0.15, -0.1) is 0 Å². The Hall–Kier alpha value is -1.60. The van der Waals surface area contributed by atoms with Crippen molar-refractivity contribution >= 4 is 63.5 Å². The zero-order valence-corrected chi connectivity index (χ0v) is 15.7. The summed E-state index contributed by atoms with van der Waals surface area (Å²) in [6, 6.07) is 9.53. The van der Waals surface area contributed by atoms with Gasteiger partial charge in [-0.2, -0.15) is 0 Å². The van der Waals surface area contributed by atoms with Crippen LogP contribution in [0.5, 0.6) is 5.75 Å². The normalized spacial score (nSPS) is 15.6. The summed E-state index contributed by atoms with van der Waals surface area (Å²) in [6.45, 7) is -0.000915. The van der Waals surface area contributed by atoms with Crippen LogP contribution in [0.15, 0.2) is 41.3 Å². The molecule has 0 radical (unpaired) electrons. The highest BCUT2D eigenvalue weighted by Gasteiger charge is 2.22. The highest BCUT2D eigenvalue weighted by Crippen LogP contribution is 2.36. The predicted octanol–water partition coefficient (Wildman–Crippen LogP) is 5.20. The zero-order valence-electron chi connectivity index (χ0n) is 12.5. The van der Waals surface area contributed by atoms with Crippen LogP contribution in [0.25, 0.3) is 6.08 Å². The van der Waals surface area contributed by atoms with Crippen molar-refractivity contribution in [2.75, 3.05) is 0 Å². The van der Waals surface area contributed by atoms with Crippen LogP contribution in [0.4, 0.5) is 4.39 Å². The Kier molecular flexibility index (Phi) is 5.64. The monoisotopic (exact) mass is 413 g/mol. The summed E-state index contributed by atoms with van der Waals surface area (Å²) in [7, 11) is 0. The van der Waals surface area contributed by atoms with Crippen molar-refractivity contribution in [3.63, 3.8) is 0 Å². The Labute approximate surface area is 163 Å². The number of nitrogens with one attached hydrogen (secondary N) is 1. The van der Waals surface area contributed by atoms with Gasteiger partial charge in [-0.3, -0.25) is 4.79 Å². The summed E-state index contributed by atoms with van der Waals surface area (Å²) in [6.07, 6.45) is 1.64. The summed E-state index contributed by atoms with van der Waals surface area (Å²) in [4.78, 5) is 12.2. The van der Waals surface area contributed by atoms with E-state index >= 15 is 0 Å². The molecule has 0 saturated carbocycles. The first-order chi connectivity index (χ1) is 11.9. The molecule has 1 fully saturated rings. The van der Waals surface area contributed by atoms with Gasteiger partial charge in [-0.05, 0) is 29.8 Å². The molecule has 0 spiro atoms. The molecule has 0 aromatic heterocycles. The quantitative estimate of drug-likeness (QED) is 0.551. The molecule has 1 saturated heterocycles. The van der Waals surface area contributed by atoms with Crippen molar-refractivity contribution in [3.8, 4) is 5.75 Å². The number of hydrogen-bond donors (Lipinski definition) is 1. The van der Waals surface area contributed by atoms with Gasteiger partial charge in [-0.25, -0.2) is 4.39 Å². The first-order valence-electron chi connectivity index (χ1n) is 7.04. The number of carbonyl (C=O) groups is 1. The maximum Gasteiger partial charge on any atom is 0.263 e. The molecule has 2 aromatic rings. The molecule has 3 rings (SSSR count). The second kappa shape index (κ2) is 7.74. The van der Waals surface area contributed by atoms with E-state index in [4.69, 9.17) is 40.2 Å². The molecule has 25 heavy (non-hydrogen) atoms. The van der Waals surface area contributed by atoms with Crippen LogP contribution < -0.4 is 10.1 Å². The Morgan fingerprint density at radius 3 is 2.52 bits per heavy atom. The smallest absolute Gasteiger partial charge is 0.263 e. The van der Waals surface area contributed by atoms with E-state index in [1.807, 2.05) is 0 Å². The third-order valence-electron chi connectivity index (χ3n) is 3.29. The van der Waals surface area contributed by atoms with Gasteiger partial charge in [0, 0.05) is 5.56 Å². The minimum Gasteiger partial charge on any atom is -0.486 e. The second-order valence-electron chi connectivity index (χ2n) is 5.05. The van der Waals surface area contributed by atoms with Crippen LogP contribution in [-0.4, -0.2) is 10.2 Å². The molecule has 1 aliphatic rings. The molecule has 0 atom stereocenters. The summed E-state index contributed by atoms with van der Waals surface area (Å²) in [5.74, 6) is -0.369. The van der Waals surface area contributed by atoms with Gasteiger partial charge in [-0.1, -0.05) is 65.4 Å². The maximum atomic E-state index is 13.6. The Balaban J connectivity index is 1.81. The van der Waals surface area contributed by atoms with Crippen LogP contribution in [0.2, 0.25) is 10.0 Å². The van der Waals surface area contributed by atoms with Crippen LogP contribution in [0.1, 0.15) is 11.1 Å². The summed E-state index contributed by atoms with van der Waals surface area (Å²) in [5, 5.41) is 3.06. The summed E-state index contributed by atoms with van der Waals surface area (Å²) in [5.41, 5.74) is 1.03. The topological polar surface area (TPSA) is 38.3 Å². The summed E-state index contributed by atoms with van der Waals surface area (Å²) < 4.78 is 19.6. The van der Waals surface area contributed by atoms with Gasteiger partial charge in [0.05, 0.1) is 15.0 Å². The number of halogens is 3. The molecular weight excluding hydrogens is 404 g/mol. The van der Waals surface area contributed by atoms with Crippen molar-refractivity contribution in [3.05, 3.63) is 68.3 Å². The number of rotatable bonds is 4. The molecule has 1 N–H and O–H groups in total. The van der Waals surface area contributed by atoms with Crippen LogP contribution in [0.3, 0.4) is 0 Å². The van der Waals surface area contributed by atoms with E-state index in [2.05, 4.69) is 5.32 Å². The van der Waals surface area contributed by atoms with Gasteiger partial charge in [0.15, 0.2) is 5.75 Å². The van der Waals surface area contributed by atoms with E-state index < -0.39 is 0 Å². The standard InChI is InChI=1S/C17H10Cl2FNO2S2/c18-11-5-9(7-14-16(22)21-17(24)25-14)6-12(19)15(11)23-8-10-3-1-2-4-13(10)20/h1-7H,8H2,(H,21,22,24)/b14-7-. The highest BCUT2D eigenvalue weighted by molar-refractivity contribution is 8.26. The lowest BCUT2D eigenvalue weighted by molar-refractivity contribution is -0.115. The SMILES string of the molecule is O=C1NC(=S)S/C1=C\c1cc(Cl)c(OCc2ccccc2F)c(Cl)c1. The molecule has 0 bridgehead atoms.